The Hall–Kier alpha value is -2.53. The summed E-state index contributed by atoms with van der Waals surface area (Å²) in [7, 11) is 0. The Labute approximate surface area is 184 Å². The lowest BCUT2D eigenvalue weighted by Gasteiger charge is -2.22. The van der Waals surface area contributed by atoms with E-state index in [4.69, 9.17) is 0 Å². The van der Waals surface area contributed by atoms with Crippen molar-refractivity contribution in [3.8, 4) is 0 Å². The molecule has 0 bridgehead atoms. The van der Waals surface area contributed by atoms with Gasteiger partial charge in [0.05, 0.1) is 16.2 Å². The van der Waals surface area contributed by atoms with Crippen LogP contribution in [0.2, 0.25) is 0 Å². The summed E-state index contributed by atoms with van der Waals surface area (Å²) in [5.41, 5.74) is 5.29. The molecule has 0 atom stereocenters. The van der Waals surface area contributed by atoms with E-state index in [1.54, 1.807) is 0 Å². The van der Waals surface area contributed by atoms with Crippen LogP contribution in [0.15, 0.2) is 47.4 Å². The Balaban J connectivity index is 2.03. The molecule has 0 saturated heterocycles. The van der Waals surface area contributed by atoms with Crippen molar-refractivity contribution in [3.63, 3.8) is 0 Å². The fourth-order valence-corrected chi connectivity index (χ4v) is 4.63. The second-order valence-electron chi connectivity index (χ2n) is 7.80. The molecule has 158 valence electrons. The van der Waals surface area contributed by atoms with Gasteiger partial charge in [0, 0.05) is 24.0 Å². The van der Waals surface area contributed by atoms with Crippen LogP contribution in [0.5, 0.6) is 0 Å². The van der Waals surface area contributed by atoms with Crippen LogP contribution in [-0.2, 0) is 9.59 Å². The van der Waals surface area contributed by atoms with Gasteiger partial charge in [-0.1, -0.05) is 32.0 Å². The lowest BCUT2D eigenvalue weighted by atomic mass is 10.0. The number of hydrogen-bond donors (Lipinski definition) is 0. The summed E-state index contributed by atoms with van der Waals surface area (Å²) in [4.78, 5) is 30.9. The van der Waals surface area contributed by atoms with Crippen molar-refractivity contribution in [3.05, 3.63) is 64.1 Å². The van der Waals surface area contributed by atoms with Gasteiger partial charge in [-0.15, -0.1) is 11.8 Å². The van der Waals surface area contributed by atoms with Crippen LogP contribution in [-0.4, -0.2) is 30.2 Å². The zero-order valence-electron chi connectivity index (χ0n) is 18.7. The van der Waals surface area contributed by atoms with E-state index < -0.39 is 0 Å². The fraction of sp³-hybridized carbons (Fsp3) is 0.360. The minimum Gasteiger partial charge on any atom is -0.372 e. The van der Waals surface area contributed by atoms with Gasteiger partial charge in [0.2, 0.25) is 0 Å². The third-order valence-corrected chi connectivity index (χ3v) is 6.51. The number of amides is 2. The zero-order valence-corrected chi connectivity index (χ0v) is 19.5. The van der Waals surface area contributed by atoms with Gasteiger partial charge in [0.25, 0.3) is 11.8 Å². The Morgan fingerprint density at radius 2 is 1.53 bits per heavy atom. The Kier molecular flexibility index (Phi) is 6.71. The summed E-state index contributed by atoms with van der Waals surface area (Å²) in [6.45, 7) is 14.2. The molecule has 0 fully saturated rings. The summed E-state index contributed by atoms with van der Waals surface area (Å²) < 4.78 is 0. The second-order valence-corrected chi connectivity index (χ2v) is 9.39. The minimum absolute atomic E-state index is 0.197. The molecule has 3 rings (SSSR count). The topological polar surface area (TPSA) is 40.6 Å². The molecular weight excluding hydrogens is 392 g/mol. The fourth-order valence-electron chi connectivity index (χ4n) is 3.64. The zero-order chi connectivity index (χ0) is 22.0. The van der Waals surface area contributed by atoms with Crippen molar-refractivity contribution in [1.82, 2.24) is 0 Å². The summed E-state index contributed by atoms with van der Waals surface area (Å²) in [6, 6.07) is 13.6. The second kappa shape index (κ2) is 9.09. The van der Waals surface area contributed by atoms with Crippen molar-refractivity contribution in [1.29, 1.82) is 0 Å². The maximum Gasteiger partial charge on any atom is 0.272 e. The van der Waals surface area contributed by atoms with Gasteiger partial charge in [-0.3, -0.25) is 9.59 Å². The van der Waals surface area contributed by atoms with Crippen molar-refractivity contribution in [2.75, 3.05) is 22.9 Å². The molecule has 0 unspecified atom stereocenters. The molecule has 0 saturated carbocycles. The number of rotatable bonds is 7. The average molecular weight is 423 g/mol. The van der Waals surface area contributed by atoms with E-state index in [0.29, 0.717) is 16.2 Å². The van der Waals surface area contributed by atoms with E-state index >= 15 is 0 Å². The van der Waals surface area contributed by atoms with Crippen LogP contribution in [0.4, 0.5) is 11.4 Å². The standard InChI is InChI=1S/C25H30N2O2S/c1-7-26(8-2)20-11-13-21(14-12-20)27-24(28)22(23(25(27)29)30-16(3)4)19-10-9-17(5)18(6)15-19/h9-16H,7-8H2,1-6H3. The number of imide groups is 1. The van der Waals surface area contributed by atoms with E-state index in [2.05, 4.69) is 18.7 Å². The number of aryl methyl sites for hydroxylation is 2. The minimum atomic E-state index is -0.248. The van der Waals surface area contributed by atoms with Gasteiger partial charge in [-0.2, -0.15) is 0 Å². The largest absolute Gasteiger partial charge is 0.372 e. The van der Waals surface area contributed by atoms with E-state index in [0.717, 1.165) is 35.5 Å². The Morgan fingerprint density at radius 3 is 2.07 bits per heavy atom. The number of benzene rings is 2. The normalized spacial score (nSPS) is 14.3. The number of carbonyl (C=O) groups is 2. The first kappa shape index (κ1) is 22.2. The molecule has 1 heterocycles. The Bertz CT molecular complexity index is 989. The quantitative estimate of drug-likeness (QED) is 0.547. The summed E-state index contributed by atoms with van der Waals surface area (Å²) in [6.07, 6.45) is 0. The number of anilines is 2. The van der Waals surface area contributed by atoms with Crippen LogP contribution in [0.3, 0.4) is 0 Å². The molecule has 0 radical (unpaired) electrons. The number of nitrogens with zero attached hydrogens (tertiary/aromatic N) is 2. The monoisotopic (exact) mass is 422 g/mol. The average Bonchev–Trinajstić information content (AvgIpc) is 2.95. The molecule has 1 aliphatic rings. The lowest BCUT2D eigenvalue weighted by Crippen LogP contribution is -2.31. The van der Waals surface area contributed by atoms with Crippen molar-refractivity contribution < 1.29 is 9.59 Å². The third kappa shape index (κ3) is 4.17. The highest BCUT2D eigenvalue weighted by Crippen LogP contribution is 2.40. The van der Waals surface area contributed by atoms with E-state index in [1.165, 1.54) is 16.7 Å². The van der Waals surface area contributed by atoms with Crippen LogP contribution >= 0.6 is 11.8 Å². The van der Waals surface area contributed by atoms with E-state index in [9.17, 15) is 9.59 Å². The molecule has 5 heteroatoms. The highest BCUT2D eigenvalue weighted by atomic mass is 32.2. The van der Waals surface area contributed by atoms with Gasteiger partial charge in [-0.25, -0.2) is 4.90 Å². The molecule has 0 aliphatic carbocycles. The molecule has 0 aromatic heterocycles. The first-order valence-corrected chi connectivity index (χ1v) is 11.4. The summed E-state index contributed by atoms with van der Waals surface area (Å²) >= 11 is 1.46. The lowest BCUT2D eigenvalue weighted by molar-refractivity contribution is -0.119. The highest BCUT2D eigenvalue weighted by Gasteiger charge is 2.40. The highest BCUT2D eigenvalue weighted by molar-refractivity contribution is 8.04. The van der Waals surface area contributed by atoms with Gasteiger partial charge < -0.3 is 4.90 Å². The summed E-state index contributed by atoms with van der Waals surface area (Å²) in [5, 5.41) is 0.197. The molecule has 4 nitrogen and oxygen atoms in total. The van der Waals surface area contributed by atoms with Crippen molar-refractivity contribution in [2.45, 2.75) is 46.8 Å². The number of carbonyl (C=O) groups excluding carboxylic acids is 2. The Morgan fingerprint density at radius 1 is 0.900 bits per heavy atom. The van der Waals surface area contributed by atoms with Gasteiger partial charge in [-0.05, 0) is 68.7 Å². The van der Waals surface area contributed by atoms with Gasteiger partial charge >= 0.3 is 0 Å². The molecule has 30 heavy (non-hydrogen) atoms. The maximum absolute atomic E-state index is 13.5. The van der Waals surface area contributed by atoms with Crippen LogP contribution in [0, 0.1) is 13.8 Å². The van der Waals surface area contributed by atoms with Crippen molar-refractivity contribution in [2.24, 2.45) is 0 Å². The maximum atomic E-state index is 13.5. The van der Waals surface area contributed by atoms with Gasteiger partial charge in [0.15, 0.2) is 0 Å². The number of hydrogen-bond acceptors (Lipinski definition) is 4. The molecule has 2 aromatic carbocycles. The van der Waals surface area contributed by atoms with Gasteiger partial charge in [0.1, 0.15) is 0 Å². The first-order chi connectivity index (χ1) is 14.3. The van der Waals surface area contributed by atoms with Crippen LogP contribution < -0.4 is 9.80 Å². The van der Waals surface area contributed by atoms with E-state index in [1.807, 2.05) is 70.2 Å². The van der Waals surface area contributed by atoms with Crippen molar-refractivity contribution >= 4 is 40.5 Å². The number of thioether (sulfide) groups is 1. The molecular formula is C25H30N2O2S. The van der Waals surface area contributed by atoms with E-state index in [-0.39, 0.29) is 17.1 Å². The smallest absolute Gasteiger partial charge is 0.272 e. The molecule has 1 aliphatic heterocycles. The molecule has 0 spiro atoms. The van der Waals surface area contributed by atoms with Crippen LogP contribution in [0.25, 0.3) is 5.57 Å². The predicted octanol–water partition coefficient (Wildman–Crippen LogP) is 5.58. The molecule has 0 N–H and O–H groups in total. The summed E-state index contributed by atoms with van der Waals surface area (Å²) in [5.74, 6) is -0.482. The van der Waals surface area contributed by atoms with Crippen LogP contribution in [0.1, 0.15) is 44.4 Å². The first-order valence-electron chi connectivity index (χ1n) is 10.5. The SMILES string of the molecule is CCN(CC)c1ccc(N2C(=O)C(SC(C)C)=C(c3ccc(C)c(C)c3)C2=O)cc1. The molecule has 2 amide bonds. The predicted molar refractivity (Wildman–Crippen MR) is 128 cm³/mol. The molecule has 2 aromatic rings. The third-order valence-electron chi connectivity index (χ3n) is 5.43.